The molecule has 1 N–H and O–H groups in total. The maximum atomic E-state index is 5.20. The van der Waals surface area contributed by atoms with Crippen molar-refractivity contribution in [1.82, 2.24) is 15.0 Å². The number of methoxy groups -OCH3 is 2. The molecule has 0 atom stereocenters. The standard InChI is InChI=1S/C10H11N3O2/c1-14-9-5-12-10(15-2)3-7(9)8-4-11-6-13-8/h3-6H,1-2H3,(H,11,13). The van der Waals surface area contributed by atoms with Crippen LogP contribution in [0.1, 0.15) is 0 Å². The molecular weight excluding hydrogens is 194 g/mol. The molecule has 0 spiro atoms. The highest BCUT2D eigenvalue weighted by Gasteiger charge is 2.09. The Bertz CT molecular complexity index is 440. The van der Waals surface area contributed by atoms with Crippen LogP contribution in [0, 0.1) is 0 Å². The molecule has 2 rings (SSSR count). The molecule has 0 saturated heterocycles. The summed E-state index contributed by atoms with van der Waals surface area (Å²) in [6.45, 7) is 0. The molecule has 78 valence electrons. The van der Waals surface area contributed by atoms with Crippen molar-refractivity contribution in [2.24, 2.45) is 0 Å². The molecule has 2 aromatic heterocycles. The Hall–Kier alpha value is -2.04. The number of hydrogen-bond acceptors (Lipinski definition) is 4. The van der Waals surface area contributed by atoms with E-state index in [4.69, 9.17) is 9.47 Å². The Balaban J connectivity index is 2.52. The van der Waals surface area contributed by atoms with Gasteiger partial charge in [-0.05, 0) is 0 Å². The van der Waals surface area contributed by atoms with Gasteiger partial charge in [0.05, 0.1) is 38.6 Å². The van der Waals surface area contributed by atoms with Gasteiger partial charge in [0, 0.05) is 11.6 Å². The van der Waals surface area contributed by atoms with Gasteiger partial charge in [-0.1, -0.05) is 0 Å². The summed E-state index contributed by atoms with van der Waals surface area (Å²) >= 11 is 0. The number of ether oxygens (including phenoxy) is 2. The minimum absolute atomic E-state index is 0.542. The Morgan fingerprint density at radius 1 is 1.20 bits per heavy atom. The molecule has 0 amide bonds. The van der Waals surface area contributed by atoms with Crippen LogP contribution in [0.4, 0.5) is 0 Å². The molecule has 0 aliphatic rings. The highest BCUT2D eigenvalue weighted by molar-refractivity contribution is 5.66. The molecule has 0 radical (unpaired) electrons. The zero-order valence-electron chi connectivity index (χ0n) is 8.52. The summed E-state index contributed by atoms with van der Waals surface area (Å²) < 4.78 is 10.3. The van der Waals surface area contributed by atoms with Gasteiger partial charge in [-0.25, -0.2) is 9.97 Å². The van der Waals surface area contributed by atoms with E-state index >= 15 is 0 Å². The van der Waals surface area contributed by atoms with Gasteiger partial charge in [0.25, 0.3) is 0 Å². The first-order valence-corrected chi connectivity index (χ1v) is 4.42. The van der Waals surface area contributed by atoms with Crippen molar-refractivity contribution in [3.05, 3.63) is 24.8 Å². The summed E-state index contributed by atoms with van der Waals surface area (Å²) in [7, 11) is 3.18. The van der Waals surface area contributed by atoms with E-state index < -0.39 is 0 Å². The van der Waals surface area contributed by atoms with Gasteiger partial charge in [0.2, 0.25) is 5.88 Å². The fourth-order valence-electron chi connectivity index (χ4n) is 1.31. The number of aromatic nitrogens is 3. The number of hydrogen-bond donors (Lipinski definition) is 1. The van der Waals surface area contributed by atoms with Crippen molar-refractivity contribution in [2.45, 2.75) is 0 Å². The van der Waals surface area contributed by atoms with Gasteiger partial charge in [-0.2, -0.15) is 0 Å². The van der Waals surface area contributed by atoms with Crippen molar-refractivity contribution in [3.63, 3.8) is 0 Å². The molecule has 5 heteroatoms. The first-order chi connectivity index (χ1) is 7.35. The highest BCUT2D eigenvalue weighted by atomic mass is 16.5. The number of pyridine rings is 1. The summed E-state index contributed by atoms with van der Waals surface area (Å²) in [5.74, 6) is 1.22. The molecule has 0 fully saturated rings. The quantitative estimate of drug-likeness (QED) is 0.824. The fourth-order valence-corrected chi connectivity index (χ4v) is 1.31. The maximum Gasteiger partial charge on any atom is 0.213 e. The van der Waals surface area contributed by atoms with Crippen LogP contribution in [0.2, 0.25) is 0 Å². The van der Waals surface area contributed by atoms with Crippen LogP contribution in [0.5, 0.6) is 11.6 Å². The van der Waals surface area contributed by atoms with E-state index in [0.717, 1.165) is 11.3 Å². The van der Waals surface area contributed by atoms with Crippen LogP contribution in [0.3, 0.4) is 0 Å². The highest BCUT2D eigenvalue weighted by Crippen LogP contribution is 2.29. The number of H-pyrrole nitrogens is 1. The van der Waals surface area contributed by atoms with E-state index in [0.29, 0.717) is 11.6 Å². The van der Waals surface area contributed by atoms with Gasteiger partial charge in [0.15, 0.2) is 0 Å². The largest absolute Gasteiger partial charge is 0.494 e. The molecule has 0 unspecified atom stereocenters. The predicted octanol–water partition coefficient (Wildman–Crippen LogP) is 1.49. The summed E-state index contributed by atoms with van der Waals surface area (Å²) in [5.41, 5.74) is 1.74. The van der Waals surface area contributed by atoms with Gasteiger partial charge in [-0.15, -0.1) is 0 Å². The molecule has 2 aromatic rings. The molecule has 5 nitrogen and oxygen atoms in total. The SMILES string of the molecule is COc1cc(-c2cnc[nH]2)c(OC)cn1. The Labute approximate surface area is 87.1 Å². The lowest BCUT2D eigenvalue weighted by atomic mass is 10.2. The van der Waals surface area contributed by atoms with E-state index in [1.54, 1.807) is 39.0 Å². The second kappa shape index (κ2) is 4.00. The smallest absolute Gasteiger partial charge is 0.213 e. The van der Waals surface area contributed by atoms with Crippen molar-refractivity contribution in [1.29, 1.82) is 0 Å². The monoisotopic (exact) mass is 205 g/mol. The van der Waals surface area contributed by atoms with Gasteiger partial charge < -0.3 is 14.5 Å². The zero-order valence-corrected chi connectivity index (χ0v) is 8.52. The van der Waals surface area contributed by atoms with Crippen LogP contribution in [-0.4, -0.2) is 29.2 Å². The molecule has 0 saturated carbocycles. The third-order valence-corrected chi connectivity index (χ3v) is 2.06. The molecule has 0 aliphatic carbocycles. The number of nitrogens with zero attached hydrogens (tertiary/aromatic N) is 2. The first kappa shape index (κ1) is 9.51. The van der Waals surface area contributed by atoms with E-state index in [1.807, 2.05) is 0 Å². The molecular formula is C10H11N3O2. The summed E-state index contributed by atoms with van der Waals surface area (Å²) in [6, 6.07) is 1.80. The number of rotatable bonds is 3. The number of nitrogens with one attached hydrogen (secondary N) is 1. The van der Waals surface area contributed by atoms with Gasteiger partial charge in [-0.3, -0.25) is 0 Å². The zero-order chi connectivity index (χ0) is 10.7. The van der Waals surface area contributed by atoms with Crippen LogP contribution in [0.15, 0.2) is 24.8 Å². The van der Waals surface area contributed by atoms with E-state index in [1.165, 1.54) is 0 Å². The number of imidazole rings is 1. The molecule has 2 heterocycles. The van der Waals surface area contributed by atoms with Crippen LogP contribution < -0.4 is 9.47 Å². The lowest BCUT2D eigenvalue weighted by molar-refractivity contribution is 0.388. The summed E-state index contributed by atoms with van der Waals surface area (Å²) in [5, 5.41) is 0. The minimum atomic E-state index is 0.542. The van der Waals surface area contributed by atoms with Crippen molar-refractivity contribution < 1.29 is 9.47 Å². The van der Waals surface area contributed by atoms with E-state index in [9.17, 15) is 0 Å². The van der Waals surface area contributed by atoms with Crippen LogP contribution in [-0.2, 0) is 0 Å². The topological polar surface area (TPSA) is 60.0 Å². The Morgan fingerprint density at radius 2 is 2.07 bits per heavy atom. The second-order valence-corrected chi connectivity index (χ2v) is 2.89. The Kier molecular flexibility index (Phi) is 2.53. The predicted molar refractivity (Wildman–Crippen MR) is 54.9 cm³/mol. The van der Waals surface area contributed by atoms with Crippen molar-refractivity contribution >= 4 is 0 Å². The second-order valence-electron chi connectivity index (χ2n) is 2.89. The number of aromatic amines is 1. The van der Waals surface area contributed by atoms with Crippen LogP contribution >= 0.6 is 0 Å². The lowest BCUT2D eigenvalue weighted by Gasteiger charge is -2.07. The van der Waals surface area contributed by atoms with E-state index in [-0.39, 0.29) is 0 Å². The third-order valence-electron chi connectivity index (χ3n) is 2.06. The van der Waals surface area contributed by atoms with Crippen molar-refractivity contribution in [2.75, 3.05) is 14.2 Å². The lowest BCUT2D eigenvalue weighted by Crippen LogP contribution is -1.93. The first-order valence-electron chi connectivity index (χ1n) is 4.42. The normalized spacial score (nSPS) is 10.0. The fraction of sp³-hybridized carbons (Fsp3) is 0.200. The molecule has 15 heavy (non-hydrogen) atoms. The summed E-state index contributed by atoms with van der Waals surface area (Å²) in [6.07, 6.45) is 4.95. The van der Waals surface area contributed by atoms with Gasteiger partial charge in [0.1, 0.15) is 5.75 Å². The van der Waals surface area contributed by atoms with E-state index in [2.05, 4.69) is 15.0 Å². The average Bonchev–Trinajstić information content (AvgIpc) is 2.81. The van der Waals surface area contributed by atoms with Crippen molar-refractivity contribution in [3.8, 4) is 22.9 Å². The molecule has 0 aromatic carbocycles. The average molecular weight is 205 g/mol. The molecule has 0 bridgehead atoms. The van der Waals surface area contributed by atoms with Gasteiger partial charge >= 0.3 is 0 Å². The maximum absolute atomic E-state index is 5.20. The van der Waals surface area contributed by atoms with Crippen LogP contribution in [0.25, 0.3) is 11.3 Å². The Morgan fingerprint density at radius 3 is 2.67 bits per heavy atom. The molecule has 0 aliphatic heterocycles. The summed E-state index contributed by atoms with van der Waals surface area (Å²) in [4.78, 5) is 11.0. The third kappa shape index (κ3) is 1.76. The minimum Gasteiger partial charge on any atom is -0.494 e.